The minimum absolute atomic E-state index is 0.0585. The first-order valence-corrected chi connectivity index (χ1v) is 12.5. The average molecular weight is 532 g/mol. The minimum atomic E-state index is -0.390. The Morgan fingerprint density at radius 2 is 1.97 bits per heavy atom. The number of amides is 3. The number of imide groups is 1. The highest BCUT2D eigenvalue weighted by molar-refractivity contribution is 8.18. The molecule has 0 saturated carbocycles. The van der Waals surface area contributed by atoms with Gasteiger partial charge in [-0.05, 0) is 48.0 Å². The molecular weight excluding hydrogens is 509 g/mol. The number of carbonyl (C=O) groups is 3. The summed E-state index contributed by atoms with van der Waals surface area (Å²) in [6.07, 6.45) is 4.25. The molecule has 0 radical (unpaired) electrons. The second kappa shape index (κ2) is 11.3. The van der Waals surface area contributed by atoms with E-state index in [0.29, 0.717) is 33.7 Å². The van der Waals surface area contributed by atoms with Gasteiger partial charge in [0, 0.05) is 53.0 Å². The lowest BCUT2D eigenvalue weighted by atomic mass is 10.1. The molecule has 10 heteroatoms. The van der Waals surface area contributed by atoms with E-state index in [1.165, 1.54) is 0 Å². The number of carbonyl (C=O) groups excluding carboxylic acids is 3. The quantitative estimate of drug-likeness (QED) is 0.298. The number of thioether (sulfide) groups is 1. The van der Waals surface area contributed by atoms with Crippen LogP contribution in [-0.2, 0) is 27.4 Å². The van der Waals surface area contributed by atoms with Crippen molar-refractivity contribution >= 4 is 69.0 Å². The number of methoxy groups -OCH3 is 1. The fourth-order valence-electron chi connectivity index (χ4n) is 3.77. The zero-order valence-electron chi connectivity index (χ0n) is 18.9. The van der Waals surface area contributed by atoms with Gasteiger partial charge in [0.25, 0.3) is 11.1 Å². The van der Waals surface area contributed by atoms with E-state index in [2.05, 4.69) is 5.32 Å². The van der Waals surface area contributed by atoms with Crippen LogP contribution < -0.4 is 5.32 Å². The van der Waals surface area contributed by atoms with Crippen molar-refractivity contribution in [1.29, 1.82) is 0 Å². The third-order valence-corrected chi connectivity index (χ3v) is 6.98. The predicted molar refractivity (Wildman–Crippen MR) is 139 cm³/mol. The molecule has 1 aliphatic rings. The van der Waals surface area contributed by atoms with Gasteiger partial charge in [0.2, 0.25) is 5.91 Å². The van der Waals surface area contributed by atoms with Gasteiger partial charge in [-0.1, -0.05) is 47.5 Å². The highest BCUT2D eigenvalue weighted by Crippen LogP contribution is 2.36. The molecule has 3 amide bonds. The van der Waals surface area contributed by atoms with Crippen LogP contribution in [0.15, 0.2) is 53.6 Å². The molecule has 3 aromatic rings. The highest BCUT2D eigenvalue weighted by Gasteiger charge is 2.35. The molecule has 4 rings (SSSR count). The van der Waals surface area contributed by atoms with Crippen molar-refractivity contribution in [2.75, 3.05) is 20.3 Å². The second-order valence-corrected chi connectivity index (χ2v) is 9.77. The molecule has 182 valence electrons. The van der Waals surface area contributed by atoms with Crippen LogP contribution in [0, 0.1) is 0 Å². The SMILES string of the molecule is COCCCNC(=O)Cn1cc(/C=C2\SC(=O)N(Cc3ccc(Cl)cc3Cl)C2=O)c2ccccc21. The molecule has 0 spiro atoms. The summed E-state index contributed by atoms with van der Waals surface area (Å²) in [5.41, 5.74) is 2.24. The number of para-hydroxylation sites is 1. The second-order valence-electron chi connectivity index (χ2n) is 7.93. The Kier molecular flexibility index (Phi) is 8.18. The van der Waals surface area contributed by atoms with E-state index in [1.54, 1.807) is 31.4 Å². The number of ether oxygens (including phenoxy) is 1. The normalized spacial score (nSPS) is 14.9. The van der Waals surface area contributed by atoms with Crippen molar-refractivity contribution in [2.45, 2.75) is 19.5 Å². The van der Waals surface area contributed by atoms with Crippen LogP contribution in [0.2, 0.25) is 10.0 Å². The first kappa shape index (κ1) is 25.3. The van der Waals surface area contributed by atoms with Crippen molar-refractivity contribution in [3.63, 3.8) is 0 Å². The first-order valence-electron chi connectivity index (χ1n) is 10.9. The number of hydrogen-bond donors (Lipinski definition) is 1. The summed E-state index contributed by atoms with van der Waals surface area (Å²) < 4.78 is 6.84. The lowest BCUT2D eigenvalue weighted by Crippen LogP contribution is -2.28. The molecule has 2 heterocycles. The summed E-state index contributed by atoms with van der Waals surface area (Å²) in [7, 11) is 1.62. The molecule has 2 aromatic carbocycles. The zero-order chi connectivity index (χ0) is 24.9. The van der Waals surface area contributed by atoms with Crippen LogP contribution in [0.4, 0.5) is 4.79 Å². The Labute approximate surface area is 217 Å². The van der Waals surface area contributed by atoms with Gasteiger partial charge in [-0.3, -0.25) is 19.3 Å². The van der Waals surface area contributed by atoms with Gasteiger partial charge in [0.1, 0.15) is 6.54 Å². The third kappa shape index (κ3) is 5.90. The van der Waals surface area contributed by atoms with Crippen molar-refractivity contribution in [1.82, 2.24) is 14.8 Å². The Morgan fingerprint density at radius 1 is 1.17 bits per heavy atom. The van der Waals surface area contributed by atoms with Gasteiger partial charge in [0.05, 0.1) is 11.4 Å². The number of nitrogens with zero attached hydrogens (tertiary/aromatic N) is 2. The van der Waals surface area contributed by atoms with Crippen LogP contribution >= 0.6 is 35.0 Å². The topological polar surface area (TPSA) is 80.6 Å². The molecule has 0 atom stereocenters. The van der Waals surface area contributed by atoms with Crippen molar-refractivity contribution in [2.24, 2.45) is 0 Å². The van der Waals surface area contributed by atoms with Crippen molar-refractivity contribution in [3.05, 3.63) is 74.7 Å². The molecule has 1 aliphatic heterocycles. The van der Waals surface area contributed by atoms with E-state index in [-0.39, 0.29) is 24.2 Å². The molecule has 1 aromatic heterocycles. The summed E-state index contributed by atoms with van der Waals surface area (Å²) in [6.45, 7) is 1.31. The summed E-state index contributed by atoms with van der Waals surface area (Å²) in [5, 5.41) is 4.26. The summed E-state index contributed by atoms with van der Waals surface area (Å²) in [4.78, 5) is 39.6. The third-order valence-electron chi connectivity index (χ3n) is 5.48. The van der Waals surface area contributed by atoms with E-state index in [1.807, 2.05) is 35.0 Å². The maximum Gasteiger partial charge on any atom is 0.293 e. The number of rotatable bonds is 9. The number of benzene rings is 2. The van der Waals surface area contributed by atoms with Crippen molar-refractivity contribution in [3.8, 4) is 0 Å². The van der Waals surface area contributed by atoms with Crippen LogP contribution in [0.25, 0.3) is 17.0 Å². The van der Waals surface area contributed by atoms with Gasteiger partial charge >= 0.3 is 0 Å². The van der Waals surface area contributed by atoms with E-state index < -0.39 is 5.91 Å². The minimum Gasteiger partial charge on any atom is -0.385 e. The number of hydrogen-bond acceptors (Lipinski definition) is 5. The highest BCUT2D eigenvalue weighted by atomic mass is 35.5. The van der Waals surface area contributed by atoms with Gasteiger partial charge in [0.15, 0.2) is 0 Å². The average Bonchev–Trinajstić information content (AvgIpc) is 3.30. The Bertz CT molecular complexity index is 1320. The van der Waals surface area contributed by atoms with Crippen LogP contribution in [-0.4, -0.2) is 46.8 Å². The molecule has 0 bridgehead atoms. The number of nitrogens with one attached hydrogen (secondary N) is 1. The van der Waals surface area contributed by atoms with E-state index in [0.717, 1.165) is 39.5 Å². The molecule has 0 unspecified atom stereocenters. The van der Waals surface area contributed by atoms with Gasteiger partial charge in [-0.2, -0.15) is 0 Å². The monoisotopic (exact) mass is 531 g/mol. The molecule has 1 fully saturated rings. The maximum atomic E-state index is 13.1. The summed E-state index contributed by atoms with van der Waals surface area (Å²) in [5.74, 6) is -0.507. The lowest BCUT2D eigenvalue weighted by molar-refractivity contribution is -0.123. The Hall–Kier alpha value is -2.78. The standard InChI is InChI=1S/C25H23Cl2N3O4S/c1-34-10-4-9-28-23(31)15-29-13-17(19-5-2-3-6-21(19)29)11-22-24(32)30(25(33)35-22)14-16-7-8-18(26)12-20(16)27/h2-3,5-8,11-13H,4,9-10,14-15H2,1H3,(H,28,31)/b22-11-. The Morgan fingerprint density at radius 3 is 2.74 bits per heavy atom. The van der Waals surface area contributed by atoms with Gasteiger partial charge in [-0.25, -0.2) is 0 Å². The fraction of sp³-hybridized carbons (Fsp3) is 0.240. The number of aromatic nitrogens is 1. The first-order chi connectivity index (χ1) is 16.9. The lowest BCUT2D eigenvalue weighted by Gasteiger charge is -2.13. The van der Waals surface area contributed by atoms with Crippen molar-refractivity contribution < 1.29 is 19.1 Å². The smallest absolute Gasteiger partial charge is 0.293 e. The summed E-state index contributed by atoms with van der Waals surface area (Å²) in [6, 6.07) is 12.6. The molecule has 7 nitrogen and oxygen atoms in total. The largest absolute Gasteiger partial charge is 0.385 e. The molecule has 1 saturated heterocycles. The maximum absolute atomic E-state index is 13.1. The number of halogens is 2. The number of fused-ring (bicyclic) bond motifs is 1. The fourth-order valence-corrected chi connectivity index (χ4v) is 5.07. The molecular formula is C25H23Cl2N3O4S. The van der Waals surface area contributed by atoms with E-state index in [9.17, 15) is 14.4 Å². The molecule has 35 heavy (non-hydrogen) atoms. The van der Waals surface area contributed by atoms with Gasteiger partial charge in [-0.15, -0.1) is 0 Å². The van der Waals surface area contributed by atoms with E-state index in [4.69, 9.17) is 27.9 Å². The molecule has 0 aliphatic carbocycles. The van der Waals surface area contributed by atoms with Crippen LogP contribution in [0.1, 0.15) is 17.5 Å². The summed E-state index contributed by atoms with van der Waals surface area (Å²) >= 11 is 13.1. The zero-order valence-corrected chi connectivity index (χ0v) is 21.3. The van der Waals surface area contributed by atoms with Crippen LogP contribution in [0.3, 0.4) is 0 Å². The molecule has 1 N–H and O–H groups in total. The van der Waals surface area contributed by atoms with Gasteiger partial charge < -0.3 is 14.6 Å². The predicted octanol–water partition coefficient (Wildman–Crippen LogP) is 5.34. The van der Waals surface area contributed by atoms with E-state index >= 15 is 0 Å². The Balaban J connectivity index is 1.55. The van der Waals surface area contributed by atoms with Crippen LogP contribution in [0.5, 0.6) is 0 Å².